The first kappa shape index (κ1) is 23.2. The monoisotopic (exact) mass is 493 g/mol. The standard InChI is InChI=1S/C34H23NO3/c1-3-17-37-29-15-11-23-19-27(13-9-25(23)21-29)34(31-7-5-6-8-32(31)35-33(34)36)28-14-10-26-22-30(38-18-4-2)16-12-24(26)20-28/h1-2,5-16,19-22H,17-18H2,(H,35,36). The van der Waals surface area contributed by atoms with E-state index in [0.717, 1.165) is 43.9 Å². The fraction of sp³-hybridized carbons (Fsp3) is 0.0882. The van der Waals surface area contributed by atoms with Crippen molar-refractivity contribution in [3.63, 3.8) is 0 Å². The first-order valence-electron chi connectivity index (χ1n) is 12.3. The lowest BCUT2D eigenvalue weighted by Crippen LogP contribution is -2.37. The lowest BCUT2D eigenvalue weighted by atomic mass is 9.69. The van der Waals surface area contributed by atoms with E-state index < -0.39 is 5.41 Å². The van der Waals surface area contributed by atoms with Crippen LogP contribution in [0.4, 0.5) is 5.69 Å². The zero-order valence-electron chi connectivity index (χ0n) is 20.5. The van der Waals surface area contributed by atoms with Gasteiger partial charge in [-0.3, -0.25) is 4.79 Å². The molecule has 1 amide bonds. The Balaban J connectivity index is 1.53. The molecule has 0 atom stereocenters. The number of nitrogens with one attached hydrogen (secondary N) is 1. The first-order chi connectivity index (χ1) is 18.6. The third kappa shape index (κ3) is 3.72. The fourth-order valence-electron chi connectivity index (χ4n) is 5.34. The summed E-state index contributed by atoms with van der Waals surface area (Å²) in [4.78, 5) is 14.0. The lowest BCUT2D eigenvalue weighted by Gasteiger charge is -2.29. The van der Waals surface area contributed by atoms with Gasteiger partial charge in [0.05, 0.1) is 0 Å². The summed E-state index contributed by atoms with van der Waals surface area (Å²) in [5.41, 5.74) is 2.49. The molecule has 1 N–H and O–H groups in total. The molecular formula is C34H23NO3. The molecule has 182 valence electrons. The molecule has 5 aromatic carbocycles. The highest BCUT2D eigenvalue weighted by Crippen LogP contribution is 2.48. The second-order valence-electron chi connectivity index (χ2n) is 9.18. The van der Waals surface area contributed by atoms with Crippen molar-refractivity contribution in [2.45, 2.75) is 5.41 Å². The number of carbonyl (C=O) groups excluding carboxylic acids is 1. The summed E-state index contributed by atoms with van der Waals surface area (Å²) in [6.07, 6.45) is 10.7. The fourth-order valence-corrected chi connectivity index (χ4v) is 5.34. The van der Waals surface area contributed by atoms with E-state index in [-0.39, 0.29) is 19.1 Å². The minimum Gasteiger partial charge on any atom is -0.481 e. The number of carbonyl (C=O) groups is 1. The Hall–Kier alpha value is -5.19. The van der Waals surface area contributed by atoms with Gasteiger partial charge in [0.1, 0.15) is 30.1 Å². The van der Waals surface area contributed by atoms with Crippen molar-refractivity contribution in [1.82, 2.24) is 0 Å². The van der Waals surface area contributed by atoms with Crippen LogP contribution in [-0.2, 0) is 10.2 Å². The molecule has 0 unspecified atom stereocenters. The molecule has 0 spiro atoms. The van der Waals surface area contributed by atoms with Crippen LogP contribution in [0.5, 0.6) is 11.5 Å². The number of para-hydroxylation sites is 1. The Morgan fingerprint density at radius 3 is 1.71 bits per heavy atom. The van der Waals surface area contributed by atoms with Crippen molar-refractivity contribution >= 4 is 33.1 Å². The SMILES string of the molecule is C#CCOc1ccc2cc(C3(c4ccc5cc(OCC#C)ccc5c4)C(=O)Nc4ccccc43)ccc2c1. The van der Waals surface area contributed by atoms with Crippen molar-refractivity contribution in [3.05, 3.63) is 114 Å². The molecule has 5 aromatic rings. The Labute approximate surface area is 221 Å². The van der Waals surface area contributed by atoms with Crippen molar-refractivity contribution < 1.29 is 14.3 Å². The van der Waals surface area contributed by atoms with Crippen LogP contribution in [0, 0.1) is 24.7 Å². The highest BCUT2D eigenvalue weighted by atomic mass is 16.5. The van der Waals surface area contributed by atoms with Crippen molar-refractivity contribution in [3.8, 4) is 36.2 Å². The molecule has 4 nitrogen and oxygen atoms in total. The first-order valence-corrected chi connectivity index (χ1v) is 12.3. The minimum absolute atomic E-state index is 0.0830. The number of terminal acetylenes is 2. The number of ether oxygens (including phenoxy) is 2. The molecule has 0 fully saturated rings. The number of fused-ring (bicyclic) bond motifs is 3. The minimum atomic E-state index is -1.02. The highest BCUT2D eigenvalue weighted by Gasteiger charge is 2.49. The second kappa shape index (κ2) is 9.36. The molecule has 0 saturated carbocycles. The lowest BCUT2D eigenvalue weighted by molar-refractivity contribution is -0.118. The molecule has 6 rings (SSSR count). The number of hydrogen-bond donors (Lipinski definition) is 1. The van der Waals surface area contributed by atoms with Gasteiger partial charge in [-0.15, -0.1) is 12.8 Å². The molecule has 1 heterocycles. The highest BCUT2D eigenvalue weighted by molar-refractivity contribution is 6.12. The molecule has 0 saturated heterocycles. The molecule has 38 heavy (non-hydrogen) atoms. The Morgan fingerprint density at radius 2 is 1.16 bits per heavy atom. The van der Waals surface area contributed by atoms with Gasteiger partial charge >= 0.3 is 0 Å². The zero-order chi connectivity index (χ0) is 26.1. The van der Waals surface area contributed by atoms with Crippen LogP contribution in [0.15, 0.2) is 97.1 Å². The summed E-state index contributed by atoms with van der Waals surface area (Å²) >= 11 is 0. The van der Waals surface area contributed by atoms with Crippen molar-refractivity contribution in [2.75, 3.05) is 18.5 Å². The molecular weight excluding hydrogens is 470 g/mol. The number of anilines is 1. The smallest absolute Gasteiger partial charge is 0.244 e. The zero-order valence-corrected chi connectivity index (χ0v) is 20.5. The topological polar surface area (TPSA) is 47.6 Å². The van der Waals surface area contributed by atoms with Crippen LogP contribution in [-0.4, -0.2) is 19.1 Å². The predicted molar refractivity (Wildman–Crippen MR) is 152 cm³/mol. The van der Waals surface area contributed by atoms with Gasteiger partial charge in [0.25, 0.3) is 0 Å². The van der Waals surface area contributed by atoms with Gasteiger partial charge in [0.15, 0.2) is 0 Å². The van der Waals surface area contributed by atoms with E-state index in [4.69, 9.17) is 22.3 Å². The van der Waals surface area contributed by atoms with Crippen LogP contribution >= 0.6 is 0 Å². The van der Waals surface area contributed by atoms with Gasteiger partial charge in [0, 0.05) is 11.3 Å². The van der Waals surface area contributed by atoms with Crippen LogP contribution in [0.3, 0.4) is 0 Å². The maximum absolute atomic E-state index is 14.0. The average Bonchev–Trinajstić information content (AvgIpc) is 3.26. The summed E-state index contributed by atoms with van der Waals surface area (Å²) in [7, 11) is 0. The van der Waals surface area contributed by atoms with E-state index in [1.54, 1.807) is 0 Å². The summed E-state index contributed by atoms with van der Waals surface area (Å²) in [6, 6.07) is 31.9. The molecule has 0 bridgehead atoms. The molecule has 0 aliphatic carbocycles. The Bertz CT molecular complexity index is 1700. The molecule has 0 aromatic heterocycles. The van der Waals surface area contributed by atoms with Crippen LogP contribution in [0.1, 0.15) is 16.7 Å². The van der Waals surface area contributed by atoms with Gasteiger partial charge in [-0.05, 0) is 75.1 Å². The maximum Gasteiger partial charge on any atom is 0.244 e. The predicted octanol–water partition coefficient (Wildman–Crippen LogP) is 6.30. The van der Waals surface area contributed by atoms with E-state index >= 15 is 0 Å². The largest absolute Gasteiger partial charge is 0.481 e. The van der Waals surface area contributed by atoms with Crippen LogP contribution in [0.2, 0.25) is 0 Å². The molecule has 1 aliphatic heterocycles. The second-order valence-corrected chi connectivity index (χ2v) is 9.18. The van der Waals surface area contributed by atoms with Gasteiger partial charge in [0.2, 0.25) is 5.91 Å². The third-order valence-corrected chi connectivity index (χ3v) is 7.05. The van der Waals surface area contributed by atoms with Crippen molar-refractivity contribution in [1.29, 1.82) is 0 Å². The number of hydrogen-bond acceptors (Lipinski definition) is 3. The Kier molecular flexibility index (Phi) is 5.72. The van der Waals surface area contributed by atoms with Gasteiger partial charge in [-0.1, -0.05) is 66.4 Å². The third-order valence-electron chi connectivity index (χ3n) is 7.05. The number of amides is 1. The van der Waals surface area contributed by atoms with Gasteiger partial charge < -0.3 is 14.8 Å². The summed E-state index contributed by atoms with van der Waals surface area (Å²) in [5.74, 6) is 6.32. The molecule has 1 aliphatic rings. The maximum atomic E-state index is 14.0. The van der Waals surface area contributed by atoms with Gasteiger partial charge in [-0.25, -0.2) is 0 Å². The number of rotatable bonds is 6. The van der Waals surface area contributed by atoms with E-state index in [1.807, 2.05) is 84.9 Å². The molecule has 4 heteroatoms. The average molecular weight is 494 g/mol. The van der Waals surface area contributed by atoms with E-state index in [0.29, 0.717) is 11.5 Å². The van der Waals surface area contributed by atoms with E-state index in [2.05, 4.69) is 29.3 Å². The van der Waals surface area contributed by atoms with Crippen LogP contribution < -0.4 is 14.8 Å². The Morgan fingerprint density at radius 1 is 0.658 bits per heavy atom. The number of benzene rings is 5. The van der Waals surface area contributed by atoms with E-state index in [1.165, 1.54) is 0 Å². The summed E-state index contributed by atoms with van der Waals surface area (Å²) in [6.45, 7) is 0.423. The van der Waals surface area contributed by atoms with Gasteiger partial charge in [-0.2, -0.15) is 0 Å². The summed E-state index contributed by atoms with van der Waals surface area (Å²) in [5, 5.41) is 7.14. The van der Waals surface area contributed by atoms with Crippen LogP contribution in [0.25, 0.3) is 21.5 Å². The summed E-state index contributed by atoms with van der Waals surface area (Å²) < 4.78 is 11.2. The van der Waals surface area contributed by atoms with E-state index in [9.17, 15) is 4.79 Å². The normalized spacial score (nSPS) is 13.4. The quantitative estimate of drug-likeness (QED) is 0.282. The molecule has 0 radical (unpaired) electrons. The van der Waals surface area contributed by atoms with Crippen molar-refractivity contribution in [2.24, 2.45) is 0 Å².